The standard InChI is InChI=1S/C13H14BrCl2N5/c1-3-21(4-2)13-19-11(16)18-12(20-13)17-10-7-8(14)5-6-9(10)15/h5-7H,3-4H2,1-2H3,(H,17,18,19,20). The Labute approximate surface area is 141 Å². The van der Waals surface area contributed by atoms with Gasteiger partial charge < -0.3 is 10.2 Å². The van der Waals surface area contributed by atoms with Crippen LogP contribution in [0.5, 0.6) is 0 Å². The molecule has 21 heavy (non-hydrogen) atoms. The van der Waals surface area contributed by atoms with Gasteiger partial charge in [-0.2, -0.15) is 15.0 Å². The van der Waals surface area contributed by atoms with Crippen LogP contribution in [0.3, 0.4) is 0 Å². The van der Waals surface area contributed by atoms with Crippen LogP contribution in [0.25, 0.3) is 0 Å². The summed E-state index contributed by atoms with van der Waals surface area (Å²) in [4.78, 5) is 14.6. The Balaban J connectivity index is 2.34. The maximum atomic E-state index is 6.14. The summed E-state index contributed by atoms with van der Waals surface area (Å²) in [5.74, 6) is 0.894. The van der Waals surface area contributed by atoms with E-state index in [4.69, 9.17) is 23.2 Å². The molecule has 0 aliphatic carbocycles. The number of halogens is 3. The normalized spacial score (nSPS) is 10.5. The van der Waals surface area contributed by atoms with Crippen molar-refractivity contribution in [3.8, 4) is 0 Å². The molecule has 2 rings (SSSR count). The molecule has 1 aromatic carbocycles. The molecule has 0 saturated carbocycles. The smallest absolute Gasteiger partial charge is 0.233 e. The zero-order chi connectivity index (χ0) is 15.4. The van der Waals surface area contributed by atoms with E-state index in [-0.39, 0.29) is 5.28 Å². The van der Waals surface area contributed by atoms with Gasteiger partial charge in [0.05, 0.1) is 10.7 Å². The average molecular weight is 391 g/mol. The van der Waals surface area contributed by atoms with Crippen LogP contribution in [0.2, 0.25) is 10.3 Å². The fourth-order valence-corrected chi connectivity index (χ4v) is 2.44. The predicted octanol–water partition coefficient (Wildman–Crippen LogP) is 4.53. The van der Waals surface area contributed by atoms with Crippen molar-refractivity contribution in [3.63, 3.8) is 0 Å². The van der Waals surface area contributed by atoms with E-state index in [1.807, 2.05) is 30.9 Å². The van der Waals surface area contributed by atoms with Crippen molar-refractivity contribution < 1.29 is 0 Å². The molecular formula is C13H14BrCl2N5. The van der Waals surface area contributed by atoms with Gasteiger partial charge in [0.1, 0.15) is 0 Å². The molecule has 0 spiro atoms. The number of rotatable bonds is 5. The number of hydrogen-bond donors (Lipinski definition) is 1. The highest BCUT2D eigenvalue weighted by atomic mass is 79.9. The maximum absolute atomic E-state index is 6.14. The van der Waals surface area contributed by atoms with Crippen LogP contribution in [0, 0.1) is 0 Å². The third-order valence-corrected chi connectivity index (χ3v) is 3.81. The molecule has 0 unspecified atom stereocenters. The average Bonchev–Trinajstić information content (AvgIpc) is 2.44. The summed E-state index contributed by atoms with van der Waals surface area (Å²) < 4.78 is 0.901. The third kappa shape index (κ3) is 4.18. The highest BCUT2D eigenvalue weighted by Crippen LogP contribution is 2.28. The first-order chi connectivity index (χ1) is 10.0. The van der Waals surface area contributed by atoms with E-state index >= 15 is 0 Å². The number of nitrogens with zero attached hydrogens (tertiary/aromatic N) is 4. The highest BCUT2D eigenvalue weighted by Gasteiger charge is 2.11. The summed E-state index contributed by atoms with van der Waals surface area (Å²) in [5.41, 5.74) is 0.693. The number of benzene rings is 1. The fourth-order valence-electron chi connectivity index (χ4n) is 1.76. The Morgan fingerprint density at radius 1 is 1.14 bits per heavy atom. The number of anilines is 3. The van der Waals surface area contributed by atoms with Crippen LogP contribution >= 0.6 is 39.1 Å². The first-order valence-electron chi connectivity index (χ1n) is 6.42. The molecule has 0 amide bonds. The summed E-state index contributed by atoms with van der Waals surface area (Å²) in [5, 5.41) is 3.77. The SMILES string of the molecule is CCN(CC)c1nc(Cl)nc(Nc2cc(Br)ccc2Cl)n1. The van der Waals surface area contributed by atoms with Crippen molar-refractivity contribution in [1.82, 2.24) is 15.0 Å². The van der Waals surface area contributed by atoms with Gasteiger partial charge in [-0.3, -0.25) is 0 Å². The molecular weight excluding hydrogens is 377 g/mol. The lowest BCUT2D eigenvalue weighted by Gasteiger charge is -2.19. The highest BCUT2D eigenvalue weighted by molar-refractivity contribution is 9.10. The summed E-state index contributed by atoms with van der Waals surface area (Å²) in [7, 11) is 0. The van der Waals surface area contributed by atoms with E-state index in [9.17, 15) is 0 Å². The molecule has 0 saturated heterocycles. The number of hydrogen-bond acceptors (Lipinski definition) is 5. The molecule has 112 valence electrons. The minimum absolute atomic E-state index is 0.139. The summed E-state index contributed by atoms with van der Waals surface area (Å²) >= 11 is 15.5. The van der Waals surface area contributed by atoms with E-state index in [0.29, 0.717) is 22.6 Å². The van der Waals surface area contributed by atoms with Gasteiger partial charge in [-0.15, -0.1) is 0 Å². The molecule has 0 atom stereocenters. The first kappa shape index (κ1) is 16.3. The van der Waals surface area contributed by atoms with Crippen LogP contribution in [-0.4, -0.2) is 28.0 Å². The largest absolute Gasteiger partial charge is 0.341 e. The van der Waals surface area contributed by atoms with E-state index in [1.165, 1.54) is 0 Å². The van der Waals surface area contributed by atoms with E-state index in [2.05, 4.69) is 36.2 Å². The lowest BCUT2D eigenvalue weighted by molar-refractivity contribution is 0.814. The van der Waals surface area contributed by atoms with Gasteiger partial charge in [0.15, 0.2) is 0 Å². The molecule has 0 radical (unpaired) electrons. The topological polar surface area (TPSA) is 53.9 Å². The monoisotopic (exact) mass is 389 g/mol. The minimum Gasteiger partial charge on any atom is -0.341 e. The van der Waals surface area contributed by atoms with Crippen molar-refractivity contribution in [1.29, 1.82) is 0 Å². The zero-order valence-electron chi connectivity index (χ0n) is 11.6. The Morgan fingerprint density at radius 2 is 1.86 bits per heavy atom. The summed E-state index contributed by atoms with van der Waals surface area (Å²) in [6.07, 6.45) is 0. The minimum atomic E-state index is 0.139. The second kappa shape index (κ2) is 7.24. The molecule has 5 nitrogen and oxygen atoms in total. The van der Waals surface area contributed by atoms with Crippen molar-refractivity contribution in [2.45, 2.75) is 13.8 Å². The van der Waals surface area contributed by atoms with Gasteiger partial charge in [0, 0.05) is 17.6 Å². The van der Waals surface area contributed by atoms with Crippen LogP contribution in [0.1, 0.15) is 13.8 Å². The summed E-state index contributed by atoms with van der Waals surface area (Å²) in [6, 6.07) is 5.48. The molecule has 0 bridgehead atoms. The third-order valence-electron chi connectivity index (χ3n) is 2.82. The van der Waals surface area contributed by atoms with Crippen LogP contribution in [0.15, 0.2) is 22.7 Å². The molecule has 0 aliphatic heterocycles. The Hall–Kier alpha value is -1.11. The van der Waals surface area contributed by atoms with Gasteiger partial charge in [-0.05, 0) is 43.6 Å². The Morgan fingerprint density at radius 3 is 2.52 bits per heavy atom. The quantitative estimate of drug-likeness (QED) is 0.812. The van der Waals surface area contributed by atoms with Crippen molar-refractivity contribution in [3.05, 3.63) is 33.0 Å². The Bertz CT molecular complexity index is 634. The maximum Gasteiger partial charge on any atom is 0.233 e. The van der Waals surface area contributed by atoms with Crippen molar-refractivity contribution in [2.75, 3.05) is 23.3 Å². The molecule has 1 aromatic heterocycles. The lowest BCUT2D eigenvalue weighted by Crippen LogP contribution is -2.24. The first-order valence-corrected chi connectivity index (χ1v) is 7.97. The molecule has 0 fully saturated rings. The van der Waals surface area contributed by atoms with Gasteiger partial charge in [0.25, 0.3) is 0 Å². The van der Waals surface area contributed by atoms with Crippen LogP contribution in [0.4, 0.5) is 17.6 Å². The van der Waals surface area contributed by atoms with E-state index < -0.39 is 0 Å². The number of nitrogens with one attached hydrogen (secondary N) is 1. The second-order valence-corrected chi connectivity index (χ2v) is 5.81. The molecule has 1 N–H and O–H groups in total. The van der Waals surface area contributed by atoms with Gasteiger partial charge in [-0.25, -0.2) is 0 Å². The van der Waals surface area contributed by atoms with E-state index in [1.54, 1.807) is 6.07 Å². The second-order valence-electron chi connectivity index (χ2n) is 4.15. The predicted molar refractivity (Wildman–Crippen MR) is 90.8 cm³/mol. The van der Waals surface area contributed by atoms with Gasteiger partial charge in [-0.1, -0.05) is 27.5 Å². The molecule has 1 heterocycles. The molecule has 8 heteroatoms. The van der Waals surface area contributed by atoms with Gasteiger partial charge in [0.2, 0.25) is 17.2 Å². The Kier molecular flexibility index (Phi) is 5.61. The van der Waals surface area contributed by atoms with Crippen LogP contribution in [-0.2, 0) is 0 Å². The van der Waals surface area contributed by atoms with E-state index in [0.717, 1.165) is 17.6 Å². The van der Waals surface area contributed by atoms with Crippen LogP contribution < -0.4 is 10.2 Å². The van der Waals surface area contributed by atoms with Crippen molar-refractivity contribution >= 4 is 56.7 Å². The zero-order valence-corrected chi connectivity index (χ0v) is 14.7. The lowest BCUT2D eigenvalue weighted by atomic mass is 10.3. The summed E-state index contributed by atoms with van der Waals surface area (Å²) in [6.45, 7) is 5.63. The molecule has 0 aliphatic rings. The number of aromatic nitrogens is 3. The fraction of sp³-hybridized carbons (Fsp3) is 0.308. The van der Waals surface area contributed by atoms with Crippen molar-refractivity contribution in [2.24, 2.45) is 0 Å². The van der Waals surface area contributed by atoms with Gasteiger partial charge >= 0.3 is 0 Å². The molecule has 2 aromatic rings.